The van der Waals surface area contributed by atoms with Crippen molar-refractivity contribution in [3.05, 3.63) is 41.4 Å². The molecule has 3 aliphatic heterocycles. The topological polar surface area (TPSA) is 86.8 Å². The number of carbonyl (C=O) groups is 2. The summed E-state index contributed by atoms with van der Waals surface area (Å²) in [6.45, 7) is 4.66. The fraction of sp³-hybridized carbons (Fsp3) is 0.500. The molecule has 2 N–H and O–H groups in total. The number of carbonyl (C=O) groups excluding carboxylic acids is 2. The molecule has 0 bridgehead atoms. The van der Waals surface area contributed by atoms with E-state index in [-0.39, 0.29) is 35.8 Å². The van der Waals surface area contributed by atoms with Gasteiger partial charge in [-0.15, -0.1) is 11.3 Å². The van der Waals surface area contributed by atoms with E-state index in [1.807, 2.05) is 42.6 Å². The van der Waals surface area contributed by atoms with Crippen molar-refractivity contribution in [3.8, 4) is 0 Å². The molecule has 3 aliphatic rings. The number of aryl methyl sites for hydroxylation is 1. The van der Waals surface area contributed by atoms with Crippen LogP contribution in [0.4, 0.5) is 10.8 Å². The van der Waals surface area contributed by atoms with E-state index in [1.54, 1.807) is 5.01 Å². The summed E-state index contributed by atoms with van der Waals surface area (Å²) in [6, 6.07) is 9.29. The first kappa shape index (κ1) is 20.6. The number of benzene rings is 1. The molecule has 164 valence electrons. The van der Waals surface area contributed by atoms with Crippen molar-refractivity contribution in [1.82, 2.24) is 15.3 Å². The van der Waals surface area contributed by atoms with Crippen molar-refractivity contribution < 1.29 is 14.3 Å². The molecule has 0 saturated carbocycles. The monoisotopic (exact) mass is 441 g/mol. The maximum Gasteiger partial charge on any atom is 0.247 e. The number of rotatable bonds is 5. The predicted octanol–water partition coefficient (Wildman–Crippen LogP) is 2.04. The van der Waals surface area contributed by atoms with Crippen LogP contribution in [0.3, 0.4) is 0 Å². The molecule has 31 heavy (non-hydrogen) atoms. The zero-order valence-electron chi connectivity index (χ0n) is 17.5. The SMILES string of the molecule is Cc1csc(NC(=O)C2CN(CC3CCCO3)CC3C(=O)N(c4ccccc4)NC23)n1. The smallest absolute Gasteiger partial charge is 0.247 e. The summed E-state index contributed by atoms with van der Waals surface area (Å²) in [5.74, 6) is -0.751. The van der Waals surface area contributed by atoms with Gasteiger partial charge < -0.3 is 10.1 Å². The van der Waals surface area contributed by atoms with Crippen LogP contribution in [0.15, 0.2) is 35.7 Å². The third kappa shape index (κ3) is 4.23. The molecule has 2 aromatic rings. The number of aromatic nitrogens is 1. The summed E-state index contributed by atoms with van der Waals surface area (Å²) in [5, 5.41) is 7.09. The zero-order chi connectivity index (χ0) is 21.4. The second-order valence-corrected chi connectivity index (χ2v) is 9.37. The van der Waals surface area contributed by atoms with Crippen LogP contribution in [0.25, 0.3) is 0 Å². The van der Waals surface area contributed by atoms with Gasteiger partial charge in [-0.25, -0.2) is 15.4 Å². The molecule has 5 rings (SSSR count). The first-order valence-electron chi connectivity index (χ1n) is 10.8. The Labute approximate surface area is 185 Å². The number of ether oxygens (including phenoxy) is 1. The van der Waals surface area contributed by atoms with Gasteiger partial charge in [-0.3, -0.25) is 14.5 Å². The number of amides is 2. The van der Waals surface area contributed by atoms with Gasteiger partial charge in [0.2, 0.25) is 11.8 Å². The average Bonchev–Trinajstić information content (AvgIpc) is 3.50. The Bertz CT molecular complexity index is 946. The second-order valence-electron chi connectivity index (χ2n) is 8.51. The van der Waals surface area contributed by atoms with E-state index in [9.17, 15) is 9.59 Å². The van der Waals surface area contributed by atoms with Crippen LogP contribution in [0.5, 0.6) is 0 Å². The van der Waals surface area contributed by atoms with Crippen LogP contribution in [-0.4, -0.2) is 60.1 Å². The van der Waals surface area contributed by atoms with E-state index in [0.29, 0.717) is 18.2 Å². The molecule has 8 nitrogen and oxygen atoms in total. The third-order valence-electron chi connectivity index (χ3n) is 6.28. The zero-order valence-corrected chi connectivity index (χ0v) is 18.3. The number of hydrazine groups is 1. The molecule has 4 atom stereocenters. The number of para-hydroxylation sites is 1. The van der Waals surface area contributed by atoms with Gasteiger partial charge >= 0.3 is 0 Å². The largest absolute Gasteiger partial charge is 0.377 e. The van der Waals surface area contributed by atoms with Gasteiger partial charge in [0.15, 0.2) is 5.13 Å². The van der Waals surface area contributed by atoms with Gasteiger partial charge in [0.1, 0.15) is 0 Å². The summed E-state index contributed by atoms with van der Waals surface area (Å²) < 4.78 is 5.82. The molecule has 0 radical (unpaired) electrons. The maximum atomic E-state index is 13.3. The molecule has 1 aromatic heterocycles. The highest BCUT2D eigenvalue weighted by Crippen LogP contribution is 2.33. The predicted molar refractivity (Wildman–Crippen MR) is 119 cm³/mol. The Morgan fingerprint density at radius 1 is 1.32 bits per heavy atom. The molecule has 2 amide bonds. The minimum Gasteiger partial charge on any atom is -0.377 e. The molecular weight excluding hydrogens is 414 g/mol. The molecule has 0 spiro atoms. The lowest BCUT2D eigenvalue weighted by atomic mass is 9.83. The second kappa shape index (κ2) is 8.66. The van der Waals surface area contributed by atoms with Gasteiger partial charge in [0, 0.05) is 31.6 Å². The number of piperidine rings is 1. The Balaban J connectivity index is 1.38. The normalized spacial score (nSPS) is 28.7. The van der Waals surface area contributed by atoms with Crippen LogP contribution in [0.2, 0.25) is 0 Å². The van der Waals surface area contributed by atoms with Crippen molar-refractivity contribution in [3.63, 3.8) is 0 Å². The molecule has 4 unspecified atom stereocenters. The number of anilines is 2. The first-order valence-corrected chi connectivity index (χ1v) is 11.7. The minimum atomic E-state index is -0.373. The number of nitrogens with zero attached hydrogens (tertiary/aromatic N) is 3. The molecular formula is C22H27N5O3S. The fourth-order valence-electron chi connectivity index (χ4n) is 4.79. The lowest BCUT2D eigenvalue weighted by Crippen LogP contribution is -2.57. The van der Waals surface area contributed by atoms with E-state index in [2.05, 4.69) is 20.6 Å². The number of hydrogen-bond donors (Lipinski definition) is 2. The molecule has 9 heteroatoms. The Hall–Kier alpha value is -2.33. The van der Waals surface area contributed by atoms with E-state index < -0.39 is 0 Å². The summed E-state index contributed by atoms with van der Waals surface area (Å²) in [6.07, 6.45) is 2.28. The fourth-order valence-corrected chi connectivity index (χ4v) is 5.48. The van der Waals surface area contributed by atoms with Gasteiger partial charge in [-0.1, -0.05) is 18.2 Å². The van der Waals surface area contributed by atoms with Crippen LogP contribution in [0.1, 0.15) is 18.5 Å². The van der Waals surface area contributed by atoms with Gasteiger partial charge in [-0.05, 0) is 31.9 Å². The maximum absolute atomic E-state index is 13.3. The number of nitrogens with one attached hydrogen (secondary N) is 2. The van der Waals surface area contributed by atoms with Crippen LogP contribution >= 0.6 is 11.3 Å². The van der Waals surface area contributed by atoms with E-state index >= 15 is 0 Å². The highest BCUT2D eigenvalue weighted by molar-refractivity contribution is 7.13. The van der Waals surface area contributed by atoms with Crippen molar-refractivity contribution in [2.24, 2.45) is 11.8 Å². The number of hydrogen-bond acceptors (Lipinski definition) is 7. The Kier molecular flexibility index (Phi) is 5.75. The van der Waals surface area contributed by atoms with Crippen molar-refractivity contribution in [1.29, 1.82) is 0 Å². The molecule has 3 saturated heterocycles. The summed E-state index contributed by atoms with van der Waals surface area (Å²) in [4.78, 5) is 33.2. The number of likely N-dealkylation sites (tertiary alicyclic amines) is 1. The van der Waals surface area contributed by atoms with E-state index in [4.69, 9.17) is 4.74 Å². The molecule has 1 aromatic carbocycles. The van der Waals surface area contributed by atoms with Crippen molar-refractivity contribution >= 4 is 34.0 Å². The standard InChI is InChI=1S/C22H27N5O3S/c1-14-13-31-22(23-14)24-20(28)17-11-26(10-16-8-5-9-30-16)12-18-19(17)25-27(21(18)29)15-6-3-2-4-7-15/h2-4,6-7,13,16-19,25H,5,8-12H2,1H3,(H,23,24,28). The molecule has 3 fully saturated rings. The lowest BCUT2D eigenvalue weighted by Gasteiger charge is -2.39. The van der Waals surface area contributed by atoms with Crippen molar-refractivity contribution in [2.75, 3.05) is 36.6 Å². The number of thiazole rings is 1. The van der Waals surface area contributed by atoms with E-state index in [0.717, 1.165) is 37.4 Å². The highest BCUT2D eigenvalue weighted by atomic mass is 32.1. The Morgan fingerprint density at radius 3 is 2.87 bits per heavy atom. The number of fused-ring (bicyclic) bond motifs is 1. The van der Waals surface area contributed by atoms with Crippen LogP contribution < -0.4 is 15.8 Å². The third-order valence-corrected chi connectivity index (χ3v) is 7.15. The van der Waals surface area contributed by atoms with Crippen molar-refractivity contribution in [2.45, 2.75) is 31.9 Å². The van der Waals surface area contributed by atoms with Crippen LogP contribution in [0, 0.1) is 18.8 Å². The summed E-state index contributed by atoms with van der Waals surface area (Å²) >= 11 is 1.42. The highest BCUT2D eigenvalue weighted by Gasteiger charge is 2.51. The molecule has 0 aliphatic carbocycles. The first-order chi connectivity index (χ1) is 15.1. The van der Waals surface area contributed by atoms with Gasteiger partial charge in [0.25, 0.3) is 0 Å². The average molecular weight is 442 g/mol. The minimum absolute atomic E-state index is 0.0103. The quantitative estimate of drug-likeness (QED) is 0.739. The summed E-state index contributed by atoms with van der Waals surface area (Å²) in [7, 11) is 0. The Morgan fingerprint density at radius 2 is 2.16 bits per heavy atom. The van der Waals surface area contributed by atoms with Gasteiger partial charge in [-0.2, -0.15) is 0 Å². The van der Waals surface area contributed by atoms with Crippen LogP contribution in [-0.2, 0) is 14.3 Å². The van der Waals surface area contributed by atoms with E-state index in [1.165, 1.54) is 11.3 Å². The lowest BCUT2D eigenvalue weighted by molar-refractivity contribution is -0.126. The summed E-state index contributed by atoms with van der Waals surface area (Å²) in [5.41, 5.74) is 5.02. The molecule has 4 heterocycles. The van der Waals surface area contributed by atoms with Gasteiger partial charge in [0.05, 0.1) is 35.4 Å².